The third kappa shape index (κ3) is 9.64. The lowest BCUT2D eigenvalue weighted by molar-refractivity contribution is 0.0625. The van der Waals surface area contributed by atoms with E-state index in [-0.39, 0.29) is 35.4 Å². The summed E-state index contributed by atoms with van der Waals surface area (Å²) in [5.74, 6) is 1.60. The van der Waals surface area contributed by atoms with Crippen LogP contribution in [0.2, 0.25) is 0 Å². The summed E-state index contributed by atoms with van der Waals surface area (Å²) in [4.78, 5) is 19.4. The first-order valence-corrected chi connectivity index (χ1v) is 10.8. The Bertz CT molecular complexity index is 682. The van der Waals surface area contributed by atoms with Crippen LogP contribution in [-0.2, 0) is 11.3 Å². The van der Waals surface area contributed by atoms with Crippen LogP contribution in [0.25, 0.3) is 0 Å². The highest BCUT2D eigenvalue weighted by Crippen LogP contribution is 2.18. The molecule has 0 saturated carbocycles. The van der Waals surface area contributed by atoms with Gasteiger partial charge in [-0.1, -0.05) is 12.1 Å². The molecule has 7 heteroatoms. The Balaban J connectivity index is 0.00000450. The number of aliphatic imine (C=N–C) groups is 1. The second-order valence-electron chi connectivity index (χ2n) is 8.84. The Labute approximate surface area is 199 Å². The SMILES string of the molecule is CCNC(=NCc1cccc(C(=O)NC(C)(C)C)c1)N(C)CCC1CCOCC1.I. The molecule has 1 aliphatic rings. The van der Waals surface area contributed by atoms with Crippen LogP contribution in [0.1, 0.15) is 62.9 Å². The molecule has 1 saturated heterocycles. The molecule has 2 N–H and O–H groups in total. The molecule has 2 rings (SSSR count). The molecule has 30 heavy (non-hydrogen) atoms. The molecule has 1 amide bonds. The van der Waals surface area contributed by atoms with Crippen LogP contribution >= 0.6 is 24.0 Å². The van der Waals surface area contributed by atoms with E-state index in [1.54, 1.807) is 0 Å². The summed E-state index contributed by atoms with van der Waals surface area (Å²) in [5.41, 5.74) is 1.45. The van der Waals surface area contributed by atoms with E-state index in [9.17, 15) is 4.79 Å². The van der Waals surface area contributed by atoms with Crippen molar-refractivity contribution >= 4 is 35.8 Å². The van der Waals surface area contributed by atoms with E-state index in [0.29, 0.717) is 12.1 Å². The molecule has 170 valence electrons. The first kappa shape index (κ1) is 26.7. The summed E-state index contributed by atoms with van der Waals surface area (Å²) in [5, 5.41) is 6.39. The molecule has 0 aromatic heterocycles. The summed E-state index contributed by atoms with van der Waals surface area (Å²) >= 11 is 0. The monoisotopic (exact) mass is 530 g/mol. The standard InChI is InChI=1S/C23H38N4O2.HI/c1-6-24-22(27(5)13-10-18-11-14-29-15-12-18)25-17-19-8-7-9-20(16-19)21(28)26-23(2,3)4;/h7-9,16,18H,6,10-15,17H2,1-5H3,(H,24,25)(H,26,28);1H. The topological polar surface area (TPSA) is 66.0 Å². The van der Waals surface area contributed by atoms with E-state index in [0.717, 1.165) is 63.0 Å². The van der Waals surface area contributed by atoms with Gasteiger partial charge in [-0.05, 0) is 70.6 Å². The summed E-state index contributed by atoms with van der Waals surface area (Å²) in [6, 6.07) is 7.71. The number of amides is 1. The number of carbonyl (C=O) groups is 1. The van der Waals surface area contributed by atoms with E-state index in [1.807, 2.05) is 45.0 Å². The van der Waals surface area contributed by atoms with Gasteiger partial charge in [-0.25, -0.2) is 4.99 Å². The van der Waals surface area contributed by atoms with Gasteiger partial charge in [0.15, 0.2) is 5.96 Å². The van der Waals surface area contributed by atoms with Gasteiger partial charge in [0.1, 0.15) is 0 Å². The highest BCUT2D eigenvalue weighted by molar-refractivity contribution is 14.0. The molecular weight excluding hydrogens is 491 g/mol. The molecule has 1 heterocycles. The normalized spacial score (nSPS) is 15.3. The van der Waals surface area contributed by atoms with Crippen molar-refractivity contribution in [3.8, 4) is 0 Å². The molecule has 0 radical (unpaired) electrons. The second kappa shape index (κ2) is 13.1. The Morgan fingerprint density at radius 1 is 1.27 bits per heavy atom. The zero-order chi connectivity index (χ0) is 21.3. The number of guanidine groups is 1. The molecule has 1 aromatic rings. The minimum Gasteiger partial charge on any atom is -0.381 e. The van der Waals surface area contributed by atoms with Crippen molar-refractivity contribution in [2.45, 2.75) is 59.0 Å². The predicted octanol–water partition coefficient (Wildman–Crippen LogP) is 4.05. The molecule has 1 aliphatic heterocycles. The third-order valence-electron chi connectivity index (χ3n) is 5.00. The quantitative estimate of drug-likeness (QED) is 0.317. The van der Waals surface area contributed by atoms with Crippen LogP contribution < -0.4 is 10.6 Å². The Morgan fingerprint density at radius 3 is 2.60 bits per heavy atom. The smallest absolute Gasteiger partial charge is 0.251 e. The van der Waals surface area contributed by atoms with Gasteiger partial charge in [-0.2, -0.15) is 0 Å². The lowest BCUT2D eigenvalue weighted by atomic mass is 9.96. The van der Waals surface area contributed by atoms with Crippen LogP contribution in [-0.4, -0.2) is 55.7 Å². The number of benzene rings is 1. The number of carbonyl (C=O) groups excluding carboxylic acids is 1. The number of nitrogens with one attached hydrogen (secondary N) is 2. The van der Waals surface area contributed by atoms with Crippen molar-refractivity contribution < 1.29 is 9.53 Å². The summed E-state index contributed by atoms with van der Waals surface area (Å²) in [7, 11) is 2.09. The zero-order valence-corrected chi connectivity index (χ0v) is 21.5. The number of ether oxygens (including phenoxy) is 1. The summed E-state index contributed by atoms with van der Waals surface area (Å²) in [6.07, 6.45) is 3.47. The fourth-order valence-corrected chi connectivity index (χ4v) is 3.38. The molecular formula is C23H39IN4O2. The minimum absolute atomic E-state index is 0. The Hall–Kier alpha value is -1.35. The molecule has 0 aliphatic carbocycles. The lowest BCUT2D eigenvalue weighted by Gasteiger charge is -2.27. The first-order valence-electron chi connectivity index (χ1n) is 10.8. The van der Waals surface area contributed by atoms with Gasteiger partial charge in [0.25, 0.3) is 5.91 Å². The maximum Gasteiger partial charge on any atom is 0.251 e. The van der Waals surface area contributed by atoms with Gasteiger partial charge in [-0.15, -0.1) is 24.0 Å². The van der Waals surface area contributed by atoms with Crippen LogP contribution in [0, 0.1) is 5.92 Å². The van der Waals surface area contributed by atoms with Crippen molar-refractivity contribution in [1.82, 2.24) is 15.5 Å². The number of hydrogen-bond acceptors (Lipinski definition) is 3. The van der Waals surface area contributed by atoms with Crippen molar-refractivity contribution in [2.24, 2.45) is 10.9 Å². The van der Waals surface area contributed by atoms with Gasteiger partial charge < -0.3 is 20.3 Å². The Kier molecular flexibility index (Phi) is 11.7. The van der Waals surface area contributed by atoms with Gasteiger partial charge in [-0.3, -0.25) is 4.79 Å². The predicted molar refractivity (Wildman–Crippen MR) is 135 cm³/mol. The molecule has 1 fully saturated rings. The maximum atomic E-state index is 12.4. The summed E-state index contributed by atoms with van der Waals surface area (Å²) < 4.78 is 5.45. The zero-order valence-electron chi connectivity index (χ0n) is 19.2. The van der Waals surface area contributed by atoms with E-state index in [1.165, 1.54) is 0 Å². The second-order valence-corrected chi connectivity index (χ2v) is 8.84. The van der Waals surface area contributed by atoms with E-state index in [2.05, 4.69) is 29.5 Å². The van der Waals surface area contributed by atoms with Crippen molar-refractivity contribution in [2.75, 3.05) is 33.4 Å². The largest absolute Gasteiger partial charge is 0.381 e. The van der Waals surface area contributed by atoms with E-state index < -0.39 is 0 Å². The minimum atomic E-state index is -0.253. The average Bonchev–Trinajstić information content (AvgIpc) is 2.69. The number of halogens is 1. The van der Waals surface area contributed by atoms with Crippen LogP contribution in [0.4, 0.5) is 0 Å². The number of nitrogens with zero attached hydrogens (tertiary/aromatic N) is 2. The van der Waals surface area contributed by atoms with Crippen molar-refractivity contribution in [1.29, 1.82) is 0 Å². The van der Waals surface area contributed by atoms with Gasteiger partial charge in [0.2, 0.25) is 0 Å². The van der Waals surface area contributed by atoms with Crippen molar-refractivity contribution in [3.63, 3.8) is 0 Å². The van der Waals surface area contributed by atoms with Gasteiger partial charge in [0.05, 0.1) is 6.54 Å². The third-order valence-corrected chi connectivity index (χ3v) is 5.00. The van der Waals surface area contributed by atoms with Crippen LogP contribution in [0.15, 0.2) is 29.3 Å². The molecule has 6 nitrogen and oxygen atoms in total. The lowest BCUT2D eigenvalue weighted by Crippen LogP contribution is -2.40. The van der Waals surface area contributed by atoms with Crippen LogP contribution in [0.5, 0.6) is 0 Å². The summed E-state index contributed by atoms with van der Waals surface area (Å²) in [6.45, 7) is 12.2. The van der Waals surface area contributed by atoms with Crippen LogP contribution in [0.3, 0.4) is 0 Å². The Morgan fingerprint density at radius 2 is 1.97 bits per heavy atom. The van der Waals surface area contributed by atoms with E-state index in [4.69, 9.17) is 9.73 Å². The first-order chi connectivity index (χ1) is 13.8. The van der Waals surface area contributed by atoms with Gasteiger partial charge in [0, 0.05) is 44.5 Å². The molecule has 0 bridgehead atoms. The highest BCUT2D eigenvalue weighted by Gasteiger charge is 2.16. The molecule has 1 aromatic carbocycles. The number of rotatable bonds is 7. The molecule has 0 unspecified atom stereocenters. The fraction of sp³-hybridized carbons (Fsp3) is 0.652. The molecule has 0 spiro atoms. The highest BCUT2D eigenvalue weighted by atomic mass is 127. The molecule has 0 atom stereocenters. The maximum absolute atomic E-state index is 12.4. The number of hydrogen-bond donors (Lipinski definition) is 2. The van der Waals surface area contributed by atoms with Crippen molar-refractivity contribution in [3.05, 3.63) is 35.4 Å². The van der Waals surface area contributed by atoms with Gasteiger partial charge >= 0.3 is 0 Å². The fourth-order valence-electron chi connectivity index (χ4n) is 3.38. The van der Waals surface area contributed by atoms with E-state index >= 15 is 0 Å². The average molecular weight is 530 g/mol.